The van der Waals surface area contributed by atoms with Gasteiger partial charge in [-0.05, 0) is 6.16 Å². The molecule has 0 unspecified atom stereocenters. The molecule has 0 radical (unpaired) electrons. The van der Waals surface area contributed by atoms with Crippen molar-refractivity contribution in [3.8, 4) is 0 Å². The monoisotopic (exact) mass is 382 g/mol. The first-order valence-electron chi connectivity index (χ1n) is 1.28. The molecule has 0 aromatic carbocycles. The van der Waals surface area contributed by atoms with Crippen molar-refractivity contribution in [2.45, 2.75) is 0 Å². The molecule has 0 aromatic heterocycles. The summed E-state index contributed by atoms with van der Waals surface area (Å²) in [7, 11) is -5.17. The molecule has 0 amide bonds. The molecule has 0 aliphatic rings. The number of carboxylic acid groups (broad SMARTS) is 2. The van der Waals surface area contributed by atoms with Gasteiger partial charge in [-0.15, -0.1) is 0 Å². The van der Waals surface area contributed by atoms with Crippen molar-refractivity contribution in [1.82, 2.24) is 0 Å². The largest absolute Gasteiger partial charge is 2.00 e. The van der Waals surface area contributed by atoms with Crippen LogP contribution < -0.4 is 10.2 Å². The molecule has 13 heteroatoms. The summed E-state index contributed by atoms with van der Waals surface area (Å²) in [5, 5.41) is 16.7. The van der Waals surface area contributed by atoms with Crippen LogP contribution >= 0.6 is 0 Å². The molecule has 0 fully saturated rings. The molecule has 72 valence electrons. The first-order chi connectivity index (χ1) is 3.73. The van der Waals surface area contributed by atoms with Crippen LogP contribution in [0.25, 0.3) is 0 Å². The van der Waals surface area contributed by atoms with Crippen molar-refractivity contribution in [2.75, 3.05) is 0 Å². The maximum Gasteiger partial charge on any atom is 2.00 e. The summed E-state index contributed by atoms with van der Waals surface area (Å²) in [4.78, 5) is 8.33. The molecule has 0 saturated heterocycles. The number of hydrogen-bond donors (Lipinski definition) is 0. The van der Waals surface area contributed by atoms with Crippen LogP contribution in [0.1, 0.15) is 0 Å². The van der Waals surface area contributed by atoms with Gasteiger partial charge in [0.15, 0.2) is 0 Å². The van der Waals surface area contributed by atoms with Gasteiger partial charge in [0.05, 0.1) is 0 Å². The van der Waals surface area contributed by atoms with Gasteiger partial charge in [-0.3, -0.25) is 8.42 Å². The predicted octanol–water partition coefficient (Wildman–Crippen LogP) is -4.74. The zero-order valence-electron chi connectivity index (χ0n) is 6.80. The first-order valence-corrected chi connectivity index (χ1v) is 2.61. The average molecular weight is 386 g/mol. The summed E-state index contributed by atoms with van der Waals surface area (Å²) in [5.74, 6) is 0. The SMILES string of the molecule is O.O=C([O-])[O-].O=S(=O)([O-])[O-].[O-2].[Zn+2].[Zn+2].[Zn+2]. The van der Waals surface area contributed by atoms with Gasteiger partial charge in [0.2, 0.25) is 0 Å². The second-order valence-corrected chi connectivity index (χ2v) is 1.47. The first kappa shape index (κ1) is 46.1. The van der Waals surface area contributed by atoms with Gasteiger partial charge in [0.25, 0.3) is 0 Å². The van der Waals surface area contributed by atoms with Crippen molar-refractivity contribution >= 4 is 16.6 Å². The van der Waals surface area contributed by atoms with E-state index in [0.717, 1.165) is 0 Å². The molecule has 0 aliphatic heterocycles. The van der Waals surface area contributed by atoms with Crippen LogP contribution in [0.4, 0.5) is 4.79 Å². The Morgan fingerprint density at radius 2 is 0.929 bits per heavy atom. The molecule has 0 spiro atoms. The van der Waals surface area contributed by atoms with Crippen LogP contribution in [0.2, 0.25) is 0 Å². The fourth-order valence-electron chi connectivity index (χ4n) is 0. The molecule has 2 N–H and O–H groups in total. The zero-order valence-corrected chi connectivity index (χ0v) is 16.5. The van der Waals surface area contributed by atoms with Gasteiger partial charge in [0, 0.05) is 10.4 Å². The Bertz CT molecular complexity index is 162. The molecule has 9 nitrogen and oxygen atoms in total. The summed E-state index contributed by atoms with van der Waals surface area (Å²) >= 11 is 0. The maximum atomic E-state index is 8.52. The van der Waals surface area contributed by atoms with E-state index in [1.807, 2.05) is 0 Å². The van der Waals surface area contributed by atoms with Crippen LogP contribution in [0.3, 0.4) is 0 Å². The van der Waals surface area contributed by atoms with Gasteiger partial charge in [-0.1, -0.05) is 0 Å². The van der Waals surface area contributed by atoms with Crippen molar-refractivity contribution in [1.29, 1.82) is 0 Å². The van der Waals surface area contributed by atoms with E-state index < -0.39 is 16.6 Å². The molecule has 0 heterocycles. The van der Waals surface area contributed by atoms with Crippen molar-refractivity contribution in [3.05, 3.63) is 0 Å². The standard InChI is InChI=1S/CH2O3.H2O4S.H2O.O.3Zn/c2-1(3)4;1-5(2,3)4;;;;;/h(H2,2,3,4);(H2,1,2,3,4);1H2;;;;/q;;;-2;3*+2/p-4. The van der Waals surface area contributed by atoms with Crippen LogP contribution in [-0.4, -0.2) is 29.2 Å². The summed E-state index contributed by atoms with van der Waals surface area (Å²) in [5.41, 5.74) is 0. The number of carbonyl (C=O) groups is 1. The quantitative estimate of drug-likeness (QED) is 0.226. The minimum Gasteiger partial charge on any atom is -2.00 e. The summed E-state index contributed by atoms with van der Waals surface area (Å²) in [6.07, 6.45) is -2.33. The summed E-state index contributed by atoms with van der Waals surface area (Å²) < 4.78 is 34.1. The van der Waals surface area contributed by atoms with E-state index in [4.69, 9.17) is 32.5 Å². The van der Waals surface area contributed by atoms with E-state index in [-0.39, 0.29) is 69.4 Å². The number of hydrogen-bond acceptors (Lipinski definition) is 7. The zero-order chi connectivity index (χ0) is 8.08. The van der Waals surface area contributed by atoms with Gasteiger partial charge in [0.1, 0.15) is 0 Å². The molecule has 0 rings (SSSR count). The molecule has 0 aromatic rings. The Morgan fingerprint density at radius 1 is 0.929 bits per heavy atom. The van der Waals surface area contributed by atoms with Crippen LogP contribution in [0.5, 0.6) is 0 Å². The van der Waals surface area contributed by atoms with E-state index in [9.17, 15) is 0 Å². The van der Waals surface area contributed by atoms with E-state index in [1.54, 1.807) is 0 Å². The van der Waals surface area contributed by atoms with E-state index in [0.29, 0.717) is 0 Å². The minimum absolute atomic E-state index is 0. The summed E-state index contributed by atoms with van der Waals surface area (Å²) in [6, 6.07) is 0. The third-order valence-corrected chi connectivity index (χ3v) is 0. The van der Waals surface area contributed by atoms with E-state index in [2.05, 4.69) is 0 Å². The van der Waals surface area contributed by atoms with Crippen LogP contribution in [0, 0.1) is 0 Å². The average Bonchev–Trinajstić information content (AvgIpc) is 1.19. The fourth-order valence-corrected chi connectivity index (χ4v) is 0. The molecule has 14 heavy (non-hydrogen) atoms. The molecular weight excluding hydrogens is 384 g/mol. The maximum absolute atomic E-state index is 8.52. The Hall–Kier alpha value is 0.930. The van der Waals surface area contributed by atoms with E-state index >= 15 is 0 Å². The molecule has 0 bridgehead atoms. The van der Waals surface area contributed by atoms with Crippen LogP contribution in [0.15, 0.2) is 0 Å². The number of carbonyl (C=O) groups excluding carboxylic acids is 1. The van der Waals surface area contributed by atoms with Crippen LogP contribution in [-0.2, 0) is 74.3 Å². The van der Waals surface area contributed by atoms with Gasteiger partial charge >= 0.3 is 58.4 Å². The third kappa shape index (κ3) is 2130. The molecule has 0 aliphatic carbocycles. The molecular formula is CH2O9SZn3. The van der Waals surface area contributed by atoms with Gasteiger partial charge in [-0.2, -0.15) is 0 Å². The smallest absolute Gasteiger partial charge is 2.00 e. The third-order valence-electron chi connectivity index (χ3n) is 0. The topological polar surface area (TPSA) is 203 Å². The second-order valence-electron chi connectivity index (χ2n) is 0.658. The fraction of sp³-hybridized carbons (Fsp3) is 0. The Balaban J connectivity index is -0.0000000104. The Labute approximate surface area is 118 Å². The number of rotatable bonds is 0. The summed E-state index contributed by atoms with van der Waals surface area (Å²) in [6.45, 7) is 0. The molecule has 0 saturated carbocycles. The minimum atomic E-state index is -5.17. The van der Waals surface area contributed by atoms with E-state index in [1.165, 1.54) is 0 Å². The second kappa shape index (κ2) is 23.6. The van der Waals surface area contributed by atoms with Gasteiger partial charge in [-0.25, -0.2) is 0 Å². The Morgan fingerprint density at radius 3 is 0.929 bits per heavy atom. The predicted molar refractivity (Wildman–Crippen MR) is 20.2 cm³/mol. The van der Waals surface area contributed by atoms with Crippen molar-refractivity contribution < 1.29 is 102 Å². The van der Waals surface area contributed by atoms with Gasteiger partial charge < -0.3 is 35.1 Å². The van der Waals surface area contributed by atoms with Crippen molar-refractivity contribution in [2.24, 2.45) is 0 Å². The molecule has 0 atom stereocenters. The van der Waals surface area contributed by atoms with Crippen molar-refractivity contribution in [3.63, 3.8) is 0 Å². The normalized spacial score (nSPS) is 5.86. The Kier molecular flexibility index (Phi) is 77.7.